The summed E-state index contributed by atoms with van der Waals surface area (Å²) in [6.07, 6.45) is 0. The highest BCUT2D eigenvalue weighted by Gasteiger charge is 2.31. The number of nitrogens with zero attached hydrogens (tertiary/aromatic N) is 2. The third-order valence-corrected chi connectivity index (χ3v) is 5.05. The van der Waals surface area contributed by atoms with Crippen LogP contribution in [0.2, 0.25) is 0 Å². The highest BCUT2D eigenvalue weighted by atomic mass is 19.1. The van der Waals surface area contributed by atoms with E-state index >= 15 is 0 Å². The van der Waals surface area contributed by atoms with Crippen LogP contribution < -0.4 is 10.2 Å². The molecule has 0 radical (unpaired) electrons. The molecule has 2 aromatic rings. The van der Waals surface area contributed by atoms with Crippen LogP contribution in [0.3, 0.4) is 0 Å². The maximum atomic E-state index is 13.9. The second-order valence-corrected chi connectivity index (χ2v) is 7.32. The molecule has 0 spiro atoms. The molecule has 5 nitrogen and oxygen atoms in total. The van der Waals surface area contributed by atoms with Gasteiger partial charge in [0.2, 0.25) is 5.91 Å². The average molecular weight is 383 g/mol. The number of amides is 2. The van der Waals surface area contributed by atoms with E-state index in [1.165, 1.54) is 18.2 Å². The zero-order chi connectivity index (χ0) is 20.1. The summed E-state index contributed by atoms with van der Waals surface area (Å²) in [4.78, 5) is 29.5. The molecule has 1 atom stereocenters. The van der Waals surface area contributed by atoms with Crippen molar-refractivity contribution in [2.45, 2.75) is 19.9 Å². The van der Waals surface area contributed by atoms with Crippen molar-refractivity contribution < 1.29 is 14.0 Å². The van der Waals surface area contributed by atoms with Crippen molar-refractivity contribution >= 4 is 17.5 Å². The van der Waals surface area contributed by atoms with Crippen molar-refractivity contribution in [3.05, 3.63) is 66.0 Å². The van der Waals surface area contributed by atoms with Gasteiger partial charge in [0.05, 0.1) is 5.56 Å². The Morgan fingerprint density at radius 1 is 0.929 bits per heavy atom. The number of nitrogens with one attached hydrogen (secondary N) is 1. The molecule has 2 amide bonds. The van der Waals surface area contributed by atoms with E-state index in [-0.39, 0.29) is 17.4 Å². The maximum Gasteiger partial charge on any atom is 0.254 e. The van der Waals surface area contributed by atoms with E-state index in [9.17, 15) is 14.0 Å². The summed E-state index contributed by atoms with van der Waals surface area (Å²) in [6, 6.07) is 15.2. The molecule has 1 aliphatic rings. The van der Waals surface area contributed by atoms with Gasteiger partial charge in [0, 0.05) is 31.9 Å². The Morgan fingerprint density at radius 2 is 1.54 bits per heavy atom. The fourth-order valence-electron chi connectivity index (χ4n) is 3.40. The Kier molecular flexibility index (Phi) is 6.29. The van der Waals surface area contributed by atoms with Crippen LogP contribution >= 0.6 is 0 Å². The van der Waals surface area contributed by atoms with Crippen molar-refractivity contribution in [3.8, 4) is 0 Å². The van der Waals surface area contributed by atoms with Crippen LogP contribution in [0.25, 0.3) is 0 Å². The Labute approximate surface area is 165 Å². The van der Waals surface area contributed by atoms with E-state index < -0.39 is 17.8 Å². The first-order valence-corrected chi connectivity index (χ1v) is 9.61. The number of para-hydroxylation sites is 1. The number of halogens is 1. The number of benzene rings is 2. The quantitative estimate of drug-likeness (QED) is 0.864. The largest absolute Gasteiger partial charge is 0.368 e. The molecule has 1 heterocycles. The van der Waals surface area contributed by atoms with E-state index in [0.717, 1.165) is 18.8 Å². The number of carbonyl (C=O) groups excluding carboxylic acids is 2. The number of carbonyl (C=O) groups is 2. The lowest BCUT2D eigenvalue weighted by Crippen LogP contribution is -2.56. The summed E-state index contributed by atoms with van der Waals surface area (Å²) >= 11 is 0. The highest BCUT2D eigenvalue weighted by Crippen LogP contribution is 2.17. The van der Waals surface area contributed by atoms with E-state index in [4.69, 9.17) is 0 Å². The Morgan fingerprint density at radius 3 is 2.14 bits per heavy atom. The molecular weight excluding hydrogens is 357 g/mol. The Hall–Kier alpha value is -2.89. The summed E-state index contributed by atoms with van der Waals surface area (Å²) in [7, 11) is 0. The Balaban J connectivity index is 1.64. The van der Waals surface area contributed by atoms with Crippen LogP contribution in [0.15, 0.2) is 54.6 Å². The summed E-state index contributed by atoms with van der Waals surface area (Å²) in [5, 5.41) is 2.73. The Bertz CT molecular complexity index is 818. The van der Waals surface area contributed by atoms with Gasteiger partial charge in [0.15, 0.2) is 0 Å². The van der Waals surface area contributed by atoms with Gasteiger partial charge < -0.3 is 15.1 Å². The van der Waals surface area contributed by atoms with Crippen molar-refractivity contribution in [2.75, 3.05) is 31.1 Å². The number of piperazine rings is 1. The molecule has 0 bridgehead atoms. The molecule has 1 saturated heterocycles. The van der Waals surface area contributed by atoms with Crippen LogP contribution in [0.5, 0.6) is 0 Å². The number of anilines is 1. The first-order valence-electron chi connectivity index (χ1n) is 9.61. The third kappa shape index (κ3) is 4.50. The molecule has 148 valence electrons. The number of rotatable bonds is 5. The summed E-state index contributed by atoms with van der Waals surface area (Å²) in [6.45, 7) is 6.41. The zero-order valence-electron chi connectivity index (χ0n) is 16.3. The minimum atomic E-state index is -0.685. The fourth-order valence-corrected chi connectivity index (χ4v) is 3.40. The van der Waals surface area contributed by atoms with Crippen LogP contribution in [0.4, 0.5) is 10.1 Å². The van der Waals surface area contributed by atoms with Gasteiger partial charge in [0.25, 0.3) is 5.91 Å². The predicted octanol–water partition coefficient (Wildman–Crippen LogP) is 2.93. The van der Waals surface area contributed by atoms with Crippen molar-refractivity contribution in [1.29, 1.82) is 0 Å². The lowest BCUT2D eigenvalue weighted by Gasteiger charge is -2.38. The fraction of sp³-hybridized carbons (Fsp3) is 0.364. The van der Waals surface area contributed by atoms with Gasteiger partial charge in [-0.3, -0.25) is 9.59 Å². The summed E-state index contributed by atoms with van der Waals surface area (Å²) in [5.74, 6) is -1.37. The van der Waals surface area contributed by atoms with Crippen molar-refractivity contribution in [3.63, 3.8) is 0 Å². The predicted molar refractivity (Wildman–Crippen MR) is 108 cm³/mol. The minimum Gasteiger partial charge on any atom is -0.368 e. The van der Waals surface area contributed by atoms with E-state index in [2.05, 4.69) is 22.3 Å². The van der Waals surface area contributed by atoms with Gasteiger partial charge in [-0.1, -0.05) is 44.2 Å². The first kappa shape index (κ1) is 19.9. The van der Waals surface area contributed by atoms with E-state index in [1.54, 1.807) is 11.0 Å². The van der Waals surface area contributed by atoms with Crippen LogP contribution in [-0.2, 0) is 4.79 Å². The molecule has 0 unspecified atom stereocenters. The second-order valence-electron chi connectivity index (χ2n) is 7.32. The summed E-state index contributed by atoms with van der Waals surface area (Å²) < 4.78 is 13.9. The molecule has 3 rings (SSSR count). The molecule has 0 aromatic heterocycles. The molecule has 6 heteroatoms. The smallest absolute Gasteiger partial charge is 0.254 e. The van der Waals surface area contributed by atoms with Gasteiger partial charge in [0.1, 0.15) is 11.9 Å². The molecule has 28 heavy (non-hydrogen) atoms. The first-order chi connectivity index (χ1) is 13.5. The van der Waals surface area contributed by atoms with Crippen LogP contribution in [0, 0.1) is 11.7 Å². The second kappa shape index (κ2) is 8.87. The molecular formula is C22H26FN3O2. The molecule has 1 N–H and O–H groups in total. The molecule has 0 aliphatic carbocycles. The average Bonchev–Trinajstić information content (AvgIpc) is 2.72. The third-order valence-electron chi connectivity index (χ3n) is 5.05. The van der Waals surface area contributed by atoms with Crippen molar-refractivity contribution in [2.24, 2.45) is 5.92 Å². The maximum absolute atomic E-state index is 13.9. The molecule has 0 saturated carbocycles. The molecule has 1 aliphatic heterocycles. The van der Waals surface area contributed by atoms with Gasteiger partial charge in [-0.2, -0.15) is 0 Å². The number of hydrogen-bond acceptors (Lipinski definition) is 3. The standard InChI is InChI=1S/C22H26FN3O2/c1-16(2)20(24-21(27)18-10-6-7-11-19(18)23)22(28)26-14-12-25(13-15-26)17-8-4-3-5-9-17/h3-11,16,20H,12-15H2,1-2H3,(H,24,27)/t20-/m0/s1. The minimum absolute atomic E-state index is 0.0464. The monoisotopic (exact) mass is 383 g/mol. The zero-order valence-corrected chi connectivity index (χ0v) is 16.3. The van der Waals surface area contributed by atoms with E-state index in [0.29, 0.717) is 13.1 Å². The van der Waals surface area contributed by atoms with Gasteiger partial charge in [-0.15, -0.1) is 0 Å². The van der Waals surface area contributed by atoms with Crippen LogP contribution in [0.1, 0.15) is 24.2 Å². The van der Waals surface area contributed by atoms with Gasteiger partial charge >= 0.3 is 0 Å². The lowest BCUT2D eigenvalue weighted by atomic mass is 10.0. The number of hydrogen-bond donors (Lipinski definition) is 1. The molecule has 1 fully saturated rings. The normalized spacial score (nSPS) is 15.4. The highest BCUT2D eigenvalue weighted by molar-refractivity contribution is 5.97. The summed E-state index contributed by atoms with van der Waals surface area (Å²) in [5.41, 5.74) is 1.10. The topological polar surface area (TPSA) is 52.7 Å². The van der Waals surface area contributed by atoms with Gasteiger partial charge in [-0.05, 0) is 30.2 Å². The lowest BCUT2D eigenvalue weighted by molar-refractivity contribution is -0.134. The SMILES string of the molecule is CC(C)[C@H](NC(=O)c1ccccc1F)C(=O)N1CCN(c2ccccc2)CC1. The molecule has 2 aromatic carbocycles. The van der Waals surface area contributed by atoms with E-state index in [1.807, 2.05) is 32.0 Å². The van der Waals surface area contributed by atoms with Gasteiger partial charge in [-0.25, -0.2) is 4.39 Å². The van der Waals surface area contributed by atoms with Crippen molar-refractivity contribution in [1.82, 2.24) is 10.2 Å². The van der Waals surface area contributed by atoms with Crippen LogP contribution in [-0.4, -0.2) is 48.9 Å².